The third-order valence-corrected chi connectivity index (χ3v) is 8.33. The number of hydrogen-bond acceptors (Lipinski definition) is 14. The normalized spacial score (nSPS) is 10.2. The Morgan fingerprint density at radius 2 is 0.707 bits per heavy atom. The summed E-state index contributed by atoms with van der Waals surface area (Å²) in [6.45, 7) is 0. The van der Waals surface area contributed by atoms with Gasteiger partial charge in [-0.05, 0) is 55.9 Å². The molecule has 7 aromatic rings. The van der Waals surface area contributed by atoms with Gasteiger partial charge in [-0.3, -0.25) is 51.0 Å². The number of nitro benzene ring substituents is 4. The Morgan fingerprint density at radius 1 is 0.414 bits per heavy atom. The molecule has 58 heavy (non-hydrogen) atoms. The molecule has 2 N–H and O–H groups in total. The second kappa shape index (κ2) is 18.2. The van der Waals surface area contributed by atoms with Crippen molar-refractivity contribution in [3.63, 3.8) is 0 Å². The smallest absolute Gasteiger partial charge is 0.411 e. The molecular weight excluding hydrogens is 760 g/mol. The molecule has 0 atom stereocenters. The van der Waals surface area contributed by atoms with Gasteiger partial charge in [0.15, 0.2) is 0 Å². The Labute approximate surface area is 324 Å². The van der Waals surface area contributed by atoms with Gasteiger partial charge in [0.25, 0.3) is 11.4 Å². The first-order chi connectivity index (χ1) is 27.9. The summed E-state index contributed by atoms with van der Waals surface area (Å²) in [6, 6.07) is 42.8. The summed E-state index contributed by atoms with van der Waals surface area (Å²) >= 11 is 0. The second-order valence-corrected chi connectivity index (χ2v) is 11.7. The molecule has 18 heteroatoms. The quantitative estimate of drug-likeness (QED) is 0.0276. The third-order valence-electron chi connectivity index (χ3n) is 8.33. The van der Waals surface area contributed by atoms with Crippen molar-refractivity contribution >= 4 is 56.2 Å². The maximum Gasteiger partial charge on any atom is 0.423 e. The summed E-state index contributed by atoms with van der Waals surface area (Å²) in [7, 11) is 0. The lowest BCUT2D eigenvalue weighted by Gasteiger charge is -2.17. The van der Waals surface area contributed by atoms with Crippen molar-refractivity contribution in [3.8, 4) is 33.8 Å². The molecule has 0 radical (unpaired) electrons. The fourth-order valence-electron chi connectivity index (χ4n) is 5.94. The van der Waals surface area contributed by atoms with Gasteiger partial charge in [0.1, 0.15) is 0 Å². The molecular formula is C40H26N4O14. The number of fused-ring (bicyclic) bond motifs is 2. The Kier molecular flexibility index (Phi) is 12.8. The molecule has 0 amide bonds. The molecule has 0 unspecified atom stereocenters. The lowest BCUT2D eigenvalue weighted by atomic mass is 9.86. The lowest BCUT2D eigenvalue weighted by molar-refractivity contribution is -0.395. The molecule has 0 heterocycles. The Balaban J connectivity index is 0.000000213. The Bertz CT molecular complexity index is 2470. The molecule has 0 saturated carbocycles. The summed E-state index contributed by atoms with van der Waals surface area (Å²) in [6.07, 6.45) is 0. The summed E-state index contributed by atoms with van der Waals surface area (Å²) in [5, 5.41) is 60.5. The van der Waals surface area contributed by atoms with Crippen LogP contribution in [0.3, 0.4) is 0 Å². The number of carbonyl (C=O) groups excluding carboxylic acids is 2. The van der Waals surface area contributed by atoms with E-state index in [1.54, 1.807) is 0 Å². The highest BCUT2D eigenvalue weighted by Gasteiger charge is 2.29. The highest BCUT2D eigenvalue weighted by Crippen LogP contribution is 2.43. The minimum Gasteiger partial charge on any atom is -0.411 e. The number of hydrogen-bond donors (Lipinski definition) is 2. The van der Waals surface area contributed by atoms with Crippen molar-refractivity contribution in [1.82, 2.24) is 0 Å². The molecule has 0 saturated heterocycles. The number of rotatable bonds is 8. The van der Waals surface area contributed by atoms with E-state index in [1.807, 2.05) is 0 Å². The van der Waals surface area contributed by atoms with Crippen molar-refractivity contribution < 1.29 is 49.3 Å². The predicted molar refractivity (Wildman–Crippen MR) is 208 cm³/mol. The predicted octanol–water partition coefficient (Wildman–Crippen LogP) is 9.17. The molecule has 7 rings (SSSR count). The Morgan fingerprint density at radius 3 is 0.983 bits per heavy atom. The van der Waals surface area contributed by atoms with E-state index in [1.165, 1.54) is 43.8 Å². The van der Waals surface area contributed by atoms with Gasteiger partial charge in [-0.1, -0.05) is 109 Å². The van der Waals surface area contributed by atoms with Crippen LogP contribution in [-0.4, -0.2) is 42.1 Å². The van der Waals surface area contributed by atoms with Crippen LogP contribution in [0.1, 0.15) is 0 Å². The van der Waals surface area contributed by atoms with E-state index in [0.29, 0.717) is 24.3 Å². The average molecular weight is 787 g/mol. The maximum absolute atomic E-state index is 11.8. The van der Waals surface area contributed by atoms with Crippen molar-refractivity contribution in [3.05, 3.63) is 186 Å². The first kappa shape index (κ1) is 40.7. The summed E-state index contributed by atoms with van der Waals surface area (Å²) in [4.78, 5) is 62.9. The van der Waals surface area contributed by atoms with Crippen LogP contribution >= 0.6 is 0 Å². The molecule has 0 bridgehead atoms. The maximum atomic E-state index is 11.8. The van der Waals surface area contributed by atoms with Crippen LogP contribution in [0.4, 0.5) is 22.7 Å². The number of nitro groups is 4. The van der Waals surface area contributed by atoms with Gasteiger partial charge in [0.2, 0.25) is 11.5 Å². The van der Waals surface area contributed by atoms with Crippen molar-refractivity contribution in [1.29, 1.82) is 0 Å². The first-order valence-electron chi connectivity index (χ1n) is 16.5. The zero-order valence-electron chi connectivity index (χ0n) is 29.4. The van der Waals surface area contributed by atoms with E-state index >= 15 is 0 Å². The number of non-ortho nitro benzene ring substituents is 2. The fourth-order valence-corrected chi connectivity index (χ4v) is 5.94. The van der Waals surface area contributed by atoms with Gasteiger partial charge in [-0.25, -0.2) is 9.59 Å². The van der Waals surface area contributed by atoms with Crippen LogP contribution in [0.5, 0.6) is 11.5 Å². The summed E-state index contributed by atoms with van der Waals surface area (Å²) in [5.41, 5.74) is 1.77. The van der Waals surface area contributed by atoms with Gasteiger partial charge in [0.05, 0.1) is 31.8 Å². The van der Waals surface area contributed by atoms with Gasteiger partial charge in [-0.2, -0.15) is 0 Å². The molecule has 7 aromatic carbocycles. The number of esters is 2. The molecule has 0 spiro atoms. The van der Waals surface area contributed by atoms with Gasteiger partial charge >= 0.3 is 23.3 Å². The molecule has 0 aliphatic heterocycles. The van der Waals surface area contributed by atoms with Crippen LogP contribution in [-0.2, 0) is 9.59 Å². The zero-order valence-corrected chi connectivity index (χ0v) is 29.4. The standard InChI is InChI=1S/C26H18.C14H6N4O12.H2O2/c1-3-11-19(12-4-1)25-21-15-7-9-17-23(21)26(20-13-5-2-6-14-20)24-18-10-8-16-22(24)25;19-13(29-11-3-1-7(15(21)22)5-9(11)17(25)26)14(20)30-12-4-2-8(16(23)24)6-10(12)18(27)28;1-2/h1-18H;1-6H;1-2H. The van der Waals surface area contributed by atoms with E-state index in [-0.39, 0.29) is 0 Å². The van der Waals surface area contributed by atoms with Crippen LogP contribution in [0.25, 0.3) is 43.8 Å². The monoisotopic (exact) mass is 786 g/mol. The molecule has 0 aliphatic carbocycles. The van der Waals surface area contributed by atoms with Crippen LogP contribution in [0, 0.1) is 40.5 Å². The number of benzene rings is 7. The van der Waals surface area contributed by atoms with Crippen LogP contribution in [0.2, 0.25) is 0 Å². The van der Waals surface area contributed by atoms with E-state index in [0.717, 1.165) is 12.1 Å². The second-order valence-electron chi connectivity index (χ2n) is 11.7. The first-order valence-corrected chi connectivity index (χ1v) is 16.5. The Hall–Kier alpha value is -8.48. The van der Waals surface area contributed by atoms with Crippen LogP contribution in [0.15, 0.2) is 146 Å². The van der Waals surface area contributed by atoms with E-state index in [9.17, 15) is 50.0 Å². The van der Waals surface area contributed by atoms with E-state index in [4.69, 9.17) is 10.5 Å². The highest BCUT2D eigenvalue weighted by atomic mass is 17.0. The number of ether oxygens (including phenoxy) is 2. The average Bonchev–Trinajstić information content (AvgIpc) is 3.24. The van der Waals surface area contributed by atoms with Gasteiger partial charge in [0, 0.05) is 12.1 Å². The topological polar surface area (TPSA) is 266 Å². The lowest BCUT2D eigenvalue weighted by Crippen LogP contribution is -2.26. The van der Waals surface area contributed by atoms with Crippen molar-refractivity contribution in [2.75, 3.05) is 0 Å². The molecule has 0 aliphatic rings. The minimum atomic E-state index is -1.85. The highest BCUT2D eigenvalue weighted by molar-refractivity contribution is 6.31. The van der Waals surface area contributed by atoms with Crippen molar-refractivity contribution in [2.45, 2.75) is 0 Å². The molecule has 0 fully saturated rings. The van der Waals surface area contributed by atoms with Crippen LogP contribution < -0.4 is 9.47 Å². The molecule has 290 valence electrons. The van der Waals surface area contributed by atoms with Gasteiger partial charge in [-0.15, -0.1) is 0 Å². The third kappa shape index (κ3) is 8.90. The molecule has 0 aromatic heterocycles. The number of carbonyl (C=O) groups is 2. The zero-order chi connectivity index (χ0) is 41.9. The minimum absolute atomic E-state index is 0.481. The van der Waals surface area contributed by atoms with Gasteiger partial charge < -0.3 is 9.47 Å². The largest absolute Gasteiger partial charge is 0.423 e. The van der Waals surface area contributed by atoms with Crippen molar-refractivity contribution in [2.24, 2.45) is 0 Å². The summed E-state index contributed by atoms with van der Waals surface area (Å²) < 4.78 is 8.96. The SMILES string of the molecule is O=C(Oc1ccc([N+](=O)[O-])cc1[N+](=O)[O-])C(=O)Oc1ccc([N+](=O)[O-])cc1[N+](=O)[O-].OO.c1ccc(-c2c3ccccc3c(-c3ccccc3)c3ccccc23)cc1. The number of nitrogens with zero attached hydrogens (tertiary/aromatic N) is 4. The molecule has 18 nitrogen and oxygen atoms in total. The van der Waals surface area contributed by atoms with E-state index < -0.39 is 65.9 Å². The summed E-state index contributed by atoms with van der Waals surface area (Å²) in [5.74, 6) is -5.35. The van der Waals surface area contributed by atoms with E-state index in [2.05, 4.69) is 119 Å². The fraction of sp³-hybridized carbons (Fsp3) is 0.